The second kappa shape index (κ2) is 9.44. The van der Waals surface area contributed by atoms with Gasteiger partial charge in [0.05, 0.1) is 0 Å². The smallest absolute Gasteiger partial charge is 0.306 e. The van der Waals surface area contributed by atoms with Crippen LogP contribution in [-0.4, -0.2) is 12.6 Å². The summed E-state index contributed by atoms with van der Waals surface area (Å²) >= 11 is 0. The number of hydrogen-bond acceptors (Lipinski definition) is 2. The lowest BCUT2D eigenvalue weighted by Crippen LogP contribution is -2.03. The third kappa shape index (κ3) is 7.49. The van der Waals surface area contributed by atoms with E-state index in [1.54, 1.807) is 0 Å². The Labute approximate surface area is 99.1 Å². The molecule has 0 aliphatic carbocycles. The lowest BCUT2D eigenvalue weighted by molar-refractivity contribution is -0.142. The molecule has 2 nitrogen and oxygen atoms in total. The molecule has 0 saturated carbocycles. The fraction of sp³-hybridized carbons (Fsp3) is 0.786. The van der Waals surface area contributed by atoms with Crippen LogP contribution in [0.5, 0.6) is 0 Å². The molecule has 0 spiro atoms. The summed E-state index contributed by atoms with van der Waals surface area (Å²) in [6.45, 7) is 0.457. The minimum atomic E-state index is -0.0421. The van der Waals surface area contributed by atoms with Crippen molar-refractivity contribution in [2.75, 3.05) is 6.61 Å². The van der Waals surface area contributed by atoms with Crippen LogP contribution in [0.25, 0.3) is 0 Å². The molecular weight excluding hydrogens is 200 g/mol. The molecule has 0 saturated heterocycles. The largest absolute Gasteiger partial charge is 0.461 e. The van der Waals surface area contributed by atoms with Crippen molar-refractivity contribution in [3.05, 3.63) is 12.2 Å². The predicted molar refractivity (Wildman–Crippen MR) is 66.3 cm³/mol. The molecule has 0 unspecified atom stereocenters. The molecule has 92 valence electrons. The van der Waals surface area contributed by atoms with Gasteiger partial charge in [-0.2, -0.15) is 0 Å². The maximum absolute atomic E-state index is 11.3. The Kier molecular flexibility index (Phi) is 7.83. The monoisotopic (exact) mass is 224 g/mol. The Hall–Kier alpha value is -0.790. The van der Waals surface area contributed by atoms with Gasteiger partial charge in [-0.15, -0.1) is 0 Å². The number of ether oxygens (including phenoxy) is 1. The number of allylic oxidation sites excluding steroid dienone is 1. The van der Waals surface area contributed by atoms with E-state index in [1.807, 2.05) is 6.08 Å². The molecule has 0 amide bonds. The van der Waals surface area contributed by atoms with E-state index in [-0.39, 0.29) is 5.97 Å². The highest BCUT2D eigenvalue weighted by molar-refractivity contribution is 5.69. The lowest BCUT2D eigenvalue weighted by atomic mass is 10.1. The number of cyclic esters (lactones) is 1. The summed E-state index contributed by atoms with van der Waals surface area (Å²) in [7, 11) is 0. The van der Waals surface area contributed by atoms with E-state index in [1.165, 1.54) is 44.9 Å². The second-order valence-corrected chi connectivity index (χ2v) is 4.52. The maximum Gasteiger partial charge on any atom is 0.306 e. The summed E-state index contributed by atoms with van der Waals surface area (Å²) in [5, 5.41) is 0. The molecule has 1 rings (SSSR count). The molecular formula is C14H24O2. The Morgan fingerprint density at radius 1 is 0.812 bits per heavy atom. The van der Waals surface area contributed by atoms with Crippen LogP contribution in [0.2, 0.25) is 0 Å². The zero-order valence-electron chi connectivity index (χ0n) is 10.2. The van der Waals surface area contributed by atoms with Crippen LogP contribution < -0.4 is 0 Å². The van der Waals surface area contributed by atoms with Crippen LogP contribution >= 0.6 is 0 Å². The van der Waals surface area contributed by atoms with Crippen LogP contribution in [-0.2, 0) is 9.53 Å². The molecule has 0 atom stereocenters. The zero-order valence-corrected chi connectivity index (χ0v) is 10.2. The Bertz CT molecular complexity index is 209. The van der Waals surface area contributed by atoms with Gasteiger partial charge in [0, 0.05) is 6.42 Å². The maximum atomic E-state index is 11.3. The van der Waals surface area contributed by atoms with E-state index in [0.29, 0.717) is 13.0 Å². The first-order valence-corrected chi connectivity index (χ1v) is 6.70. The Balaban J connectivity index is 2.20. The molecule has 1 aliphatic heterocycles. The van der Waals surface area contributed by atoms with E-state index in [4.69, 9.17) is 4.74 Å². The van der Waals surface area contributed by atoms with Gasteiger partial charge in [-0.1, -0.05) is 50.7 Å². The van der Waals surface area contributed by atoms with Crippen LogP contribution in [0.1, 0.15) is 64.2 Å². The van der Waals surface area contributed by atoms with Crippen LogP contribution in [0, 0.1) is 0 Å². The zero-order chi connectivity index (χ0) is 11.5. The van der Waals surface area contributed by atoms with Gasteiger partial charge in [-0.3, -0.25) is 4.79 Å². The topological polar surface area (TPSA) is 26.3 Å². The van der Waals surface area contributed by atoms with Crippen LogP contribution in [0.3, 0.4) is 0 Å². The first-order valence-electron chi connectivity index (χ1n) is 6.70. The Morgan fingerprint density at radius 2 is 1.44 bits per heavy atom. The third-order valence-corrected chi connectivity index (χ3v) is 3.01. The van der Waals surface area contributed by atoms with Crippen molar-refractivity contribution in [1.82, 2.24) is 0 Å². The fourth-order valence-corrected chi connectivity index (χ4v) is 1.99. The van der Waals surface area contributed by atoms with E-state index >= 15 is 0 Å². The van der Waals surface area contributed by atoms with E-state index in [9.17, 15) is 4.79 Å². The molecule has 0 aromatic heterocycles. The average Bonchev–Trinajstić information content (AvgIpc) is 2.29. The third-order valence-electron chi connectivity index (χ3n) is 3.01. The van der Waals surface area contributed by atoms with Gasteiger partial charge in [0.2, 0.25) is 0 Å². The Morgan fingerprint density at radius 3 is 2.19 bits per heavy atom. The highest BCUT2D eigenvalue weighted by Gasteiger charge is 2.01. The summed E-state index contributed by atoms with van der Waals surface area (Å²) in [6.07, 6.45) is 15.9. The molecule has 0 radical (unpaired) electrons. The number of rotatable bonds is 0. The normalized spacial score (nSPS) is 23.9. The van der Waals surface area contributed by atoms with Crippen molar-refractivity contribution in [1.29, 1.82) is 0 Å². The summed E-state index contributed by atoms with van der Waals surface area (Å²) < 4.78 is 5.09. The minimum absolute atomic E-state index is 0.0421. The standard InChI is InChI=1S/C14H24O2/c15-14-12-10-8-6-4-2-1-3-5-7-9-11-13-16-14/h9,11H,1-8,10,12-13H2/b11-9+. The summed E-state index contributed by atoms with van der Waals surface area (Å²) in [5.41, 5.74) is 0. The number of hydrogen-bond donors (Lipinski definition) is 0. The summed E-state index contributed by atoms with van der Waals surface area (Å²) in [6, 6.07) is 0. The highest BCUT2D eigenvalue weighted by atomic mass is 16.5. The van der Waals surface area contributed by atoms with E-state index in [2.05, 4.69) is 6.08 Å². The molecule has 16 heavy (non-hydrogen) atoms. The van der Waals surface area contributed by atoms with Crippen molar-refractivity contribution in [3.63, 3.8) is 0 Å². The number of carbonyl (C=O) groups is 1. The molecule has 0 aromatic rings. The summed E-state index contributed by atoms with van der Waals surface area (Å²) in [4.78, 5) is 11.3. The number of carbonyl (C=O) groups excluding carboxylic acids is 1. The van der Waals surface area contributed by atoms with Gasteiger partial charge in [0.25, 0.3) is 0 Å². The van der Waals surface area contributed by atoms with E-state index in [0.717, 1.165) is 12.8 Å². The molecule has 0 fully saturated rings. The van der Waals surface area contributed by atoms with Crippen LogP contribution in [0.15, 0.2) is 12.2 Å². The van der Waals surface area contributed by atoms with Gasteiger partial charge in [-0.25, -0.2) is 0 Å². The molecule has 2 heteroatoms. The first-order chi connectivity index (χ1) is 7.89. The van der Waals surface area contributed by atoms with Gasteiger partial charge in [0.1, 0.15) is 6.61 Å². The molecule has 0 bridgehead atoms. The van der Waals surface area contributed by atoms with Gasteiger partial charge in [0.15, 0.2) is 0 Å². The molecule has 1 aliphatic rings. The second-order valence-electron chi connectivity index (χ2n) is 4.52. The SMILES string of the molecule is O=C1CCCCCCCCCC/C=C/CO1. The predicted octanol–water partition coefficient (Wildman–Crippen LogP) is 4.00. The molecule has 1 heterocycles. The van der Waals surface area contributed by atoms with Crippen molar-refractivity contribution < 1.29 is 9.53 Å². The van der Waals surface area contributed by atoms with Crippen LogP contribution in [0.4, 0.5) is 0 Å². The average molecular weight is 224 g/mol. The molecule has 0 aromatic carbocycles. The van der Waals surface area contributed by atoms with Crippen molar-refractivity contribution in [2.24, 2.45) is 0 Å². The lowest BCUT2D eigenvalue weighted by Gasteiger charge is -2.02. The van der Waals surface area contributed by atoms with Gasteiger partial charge in [-0.05, 0) is 19.3 Å². The van der Waals surface area contributed by atoms with E-state index < -0.39 is 0 Å². The quantitative estimate of drug-likeness (QED) is 0.459. The fourth-order valence-electron chi connectivity index (χ4n) is 1.99. The number of esters is 1. The van der Waals surface area contributed by atoms with Crippen molar-refractivity contribution >= 4 is 5.97 Å². The summed E-state index contributed by atoms with van der Waals surface area (Å²) in [5.74, 6) is -0.0421. The molecule has 0 N–H and O–H groups in total. The van der Waals surface area contributed by atoms with Crippen molar-refractivity contribution in [2.45, 2.75) is 64.2 Å². The minimum Gasteiger partial charge on any atom is -0.461 e. The van der Waals surface area contributed by atoms with Gasteiger partial charge < -0.3 is 4.74 Å². The van der Waals surface area contributed by atoms with Gasteiger partial charge >= 0.3 is 5.97 Å². The first kappa shape index (κ1) is 13.3. The van der Waals surface area contributed by atoms with Crippen molar-refractivity contribution in [3.8, 4) is 0 Å². The highest BCUT2D eigenvalue weighted by Crippen LogP contribution is 2.11.